The number of rotatable bonds is 3. The number of methoxy groups -OCH3 is 2. The average molecular weight is 242 g/mol. The van der Waals surface area contributed by atoms with Crippen molar-refractivity contribution in [1.82, 2.24) is 9.97 Å². The maximum atomic E-state index is 5.28. The monoisotopic (exact) mass is 242 g/mol. The second-order valence-electron chi connectivity index (χ2n) is 4.09. The van der Waals surface area contributed by atoms with Crippen molar-refractivity contribution in [1.29, 1.82) is 0 Å². The van der Waals surface area contributed by atoms with Crippen LogP contribution < -0.4 is 0 Å². The predicted molar refractivity (Wildman–Crippen MR) is 70.4 cm³/mol. The van der Waals surface area contributed by atoms with Gasteiger partial charge in [0, 0.05) is 36.7 Å². The van der Waals surface area contributed by atoms with Crippen molar-refractivity contribution in [3.05, 3.63) is 42.2 Å². The van der Waals surface area contributed by atoms with Gasteiger partial charge in [0.15, 0.2) is 0 Å². The first-order valence-corrected chi connectivity index (χ1v) is 5.76. The standard InChI is InChI=1S/C14H14N2O2/c1-17-14(18-2)13-12-10(7-8-15-13)9-5-3-4-6-11(9)16-12/h3-8,14,16H,1-2H3. The van der Waals surface area contributed by atoms with Crippen LogP contribution in [0.3, 0.4) is 0 Å². The van der Waals surface area contributed by atoms with Crippen LogP contribution in [0.15, 0.2) is 36.5 Å². The number of fused-ring (bicyclic) bond motifs is 3. The van der Waals surface area contributed by atoms with E-state index in [1.54, 1.807) is 20.4 Å². The van der Waals surface area contributed by atoms with Crippen molar-refractivity contribution >= 4 is 21.8 Å². The number of benzene rings is 1. The summed E-state index contributed by atoms with van der Waals surface area (Å²) in [6, 6.07) is 10.2. The van der Waals surface area contributed by atoms with Crippen molar-refractivity contribution in [2.75, 3.05) is 14.2 Å². The second-order valence-corrected chi connectivity index (χ2v) is 4.09. The summed E-state index contributed by atoms with van der Waals surface area (Å²) in [7, 11) is 3.22. The van der Waals surface area contributed by atoms with E-state index in [2.05, 4.69) is 16.0 Å². The molecule has 0 bridgehead atoms. The fraction of sp³-hybridized carbons (Fsp3) is 0.214. The predicted octanol–water partition coefficient (Wildman–Crippen LogP) is 3.01. The number of hydrogen-bond donors (Lipinski definition) is 1. The molecule has 0 radical (unpaired) electrons. The molecule has 0 saturated heterocycles. The minimum Gasteiger partial charge on any atom is -0.353 e. The summed E-state index contributed by atoms with van der Waals surface area (Å²) in [5.74, 6) is 0. The molecule has 18 heavy (non-hydrogen) atoms. The van der Waals surface area contributed by atoms with E-state index in [-0.39, 0.29) is 0 Å². The van der Waals surface area contributed by atoms with Gasteiger partial charge in [-0.15, -0.1) is 0 Å². The molecule has 3 rings (SSSR count). The Hall–Kier alpha value is -1.91. The maximum absolute atomic E-state index is 5.28. The molecule has 0 atom stereocenters. The molecule has 4 heteroatoms. The van der Waals surface area contributed by atoms with Crippen LogP contribution in [-0.4, -0.2) is 24.2 Å². The topological polar surface area (TPSA) is 47.1 Å². The Bertz CT molecular complexity index is 686. The largest absolute Gasteiger partial charge is 0.353 e. The molecule has 92 valence electrons. The first kappa shape index (κ1) is 11.2. The number of hydrogen-bond acceptors (Lipinski definition) is 3. The number of ether oxygens (including phenoxy) is 2. The van der Waals surface area contributed by atoms with Crippen molar-refractivity contribution < 1.29 is 9.47 Å². The fourth-order valence-electron chi connectivity index (χ4n) is 2.29. The van der Waals surface area contributed by atoms with Gasteiger partial charge in [0.1, 0.15) is 5.69 Å². The zero-order chi connectivity index (χ0) is 12.5. The molecule has 0 fully saturated rings. The first-order valence-electron chi connectivity index (χ1n) is 5.76. The van der Waals surface area contributed by atoms with Gasteiger partial charge in [-0.05, 0) is 12.1 Å². The lowest BCUT2D eigenvalue weighted by atomic mass is 10.1. The second kappa shape index (κ2) is 4.40. The zero-order valence-electron chi connectivity index (χ0n) is 10.3. The van der Waals surface area contributed by atoms with Gasteiger partial charge in [0.25, 0.3) is 0 Å². The van der Waals surface area contributed by atoms with E-state index in [1.165, 1.54) is 5.39 Å². The molecule has 2 aromatic heterocycles. The van der Waals surface area contributed by atoms with Gasteiger partial charge in [0.05, 0.1) is 5.52 Å². The molecule has 0 saturated carbocycles. The number of nitrogens with zero attached hydrogens (tertiary/aromatic N) is 1. The van der Waals surface area contributed by atoms with E-state index in [4.69, 9.17) is 9.47 Å². The van der Waals surface area contributed by atoms with Gasteiger partial charge in [-0.25, -0.2) is 0 Å². The molecule has 0 unspecified atom stereocenters. The highest BCUT2D eigenvalue weighted by Gasteiger charge is 2.16. The van der Waals surface area contributed by atoms with E-state index in [1.807, 2.05) is 24.3 Å². The lowest BCUT2D eigenvalue weighted by molar-refractivity contribution is -0.107. The molecule has 0 amide bonds. The minimum absolute atomic E-state index is 0.457. The van der Waals surface area contributed by atoms with E-state index in [0.29, 0.717) is 0 Å². The summed E-state index contributed by atoms with van der Waals surface area (Å²) in [6.45, 7) is 0. The highest BCUT2D eigenvalue weighted by Crippen LogP contribution is 2.29. The van der Waals surface area contributed by atoms with Crippen LogP contribution in [0.2, 0.25) is 0 Å². The van der Waals surface area contributed by atoms with Gasteiger partial charge in [-0.3, -0.25) is 4.98 Å². The molecule has 1 N–H and O–H groups in total. The Labute approximate surface area is 105 Å². The molecule has 4 nitrogen and oxygen atoms in total. The molecule has 3 aromatic rings. The third kappa shape index (κ3) is 1.58. The van der Waals surface area contributed by atoms with Crippen LogP contribution in [-0.2, 0) is 9.47 Å². The first-order chi connectivity index (χ1) is 8.85. The van der Waals surface area contributed by atoms with Crippen molar-refractivity contribution in [3.63, 3.8) is 0 Å². The number of pyridine rings is 1. The zero-order valence-corrected chi connectivity index (χ0v) is 10.3. The van der Waals surface area contributed by atoms with Gasteiger partial charge < -0.3 is 14.5 Å². The highest BCUT2D eigenvalue weighted by atomic mass is 16.7. The van der Waals surface area contributed by atoms with Crippen molar-refractivity contribution in [2.24, 2.45) is 0 Å². The Balaban J connectivity index is 2.34. The lowest BCUT2D eigenvalue weighted by Crippen LogP contribution is -2.06. The van der Waals surface area contributed by atoms with Gasteiger partial charge in [0.2, 0.25) is 6.29 Å². The number of para-hydroxylation sites is 1. The molecule has 0 aliphatic heterocycles. The summed E-state index contributed by atoms with van der Waals surface area (Å²) in [6.07, 6.45) is 1.32. The third-order valence-electron chi connectivity index (χ3n) is 3.11. The molecular formula is C14H14N2O2. The van der Waals surface area contributed by atoms with E-state index < -0.39 is 6.29 Å². The summed E-state index contributed by atoms with van der Waals surface area (Å²) in [4.78, 5) is 7.74. The van der Waals surface area contributed by atoms with E-state index >= 15 is 0 Å². The Morgan fingerprint density at radius 1 is 1.06 bits per heavy atom. The maximum Gasteiger partial charge on any atom is 0.202 e. The van der Waals surface area contributed by atoms with Gasteiger partial charge in [-0.1, -0.05) is 18.2 Å². The minimum atomic E-state index is -0.457. The van der Waals surface area contributed by atoms with Gasteiger partial charge >= 0.3 is 0 Å². The smallest absolute Gasteiger partial charge is 0.202 e. The summed E-state index contributed by atoms with van der Waals surface area (Å²) >= 11 is 0. The molecule has 0 aliphatic rings. The number of aromatic amines is 1. The van der Waals surface area contributed by atoms with Crippen LogP contribution >= 0.6 is 0 Å². The highest BCUT2D eigenvalue weighted by molar-refractivity contribution is 6.07. The van der Waals surface area contributed by atoms with Crippen molar-refractivity contribution in [3.8, 4) is 0 Å². The summed E-state index contributed by atoms with van der Waals surface area (Å²) in [5, 5.41) is 2.32. The van der Waals surface area contributed by atoms with Crippen LogP contribution in [0.5, 0.6) is 0 Å². The number of H-pyrrole nitrogens is 1. The van der Waals surface area contributed by atoms with Gasteiger partial charge in [-0.2, -0.15) is 0 Å². The van der Waals surface area contributed by atoms with Crippen LogP contribution in [0.25, 0.3) is 21.8 Å². The summed E-state index contributed by atoms with van der Waals surface area (Å²) < 4.78 is 10.6. The van der Waals surface area contributed by atoms with E-state index in [0.717, 1.165) is 22.1 Å². The number of aromatic nitrogens is 2. The fourth-order valence-corrected chi connectivity index (χ4v) is 2.29. The quantitative estimate of drug-likeness (QED) is 0.718. The molecule has 0 spiro atoms. The van der Waals surface area contributed by atoms with Crippen molar-refractivity contribution in [2.45, 2.75) is 6.29 Å². The van der Waals surface area contributed by atoms with Crippen LogP contribution in [0.4, 0.5) is 0 Å². The average Bonchev–Trinajstić information content (AvgIpc) is 2.80. The Morgan fingerprint density at radius 3 is 2.61 bits per heavy atom. The third-order valence-corrected chi connectivity index (χ3v) is 3.11. The molecule has 0 aliphatic carbocycles. The number of nitrogens with one attached hydrogen (secondary N) is 1. The van der Waals surface area contributed by atoms with E-state index in [9.17, 15) is 0 Å². The van der Waals surface area contributed by atoms with Crippen LogP contribution in [0.1, 0.15) is 12.0 Å². The lowest BCUT2D eigenvalue weighted by Gasteiger charge is -2.13. The molecule has 1 aromatic carbocycles. The summed E-state index contributed by atoms with van der Waals surface area (Å²) in [5.41, 5.74) is 2.83. The Kier molecular flexibility index (Phi) is 2.74. The SMILES string of the molecule is COC(OC)c1nccc2c1[nH]c1ccccc12. The molecular weight excluding hydrogens is 228 g/mol. The Morgan fingerprint density at radius 2 is 1.83 bits per heavy atom. The van der Waals surface area contributed by atoms with Crippen LogP contribution in [0, 0.1) is 0 Å². The normalized spacial score (nSPS) is 11.7. The molecule has 2 heterocycles.